The standard InChI is InChI=1S/C8H18N2/c1-7-5-10(6-7)4-3-8(2)9/h7-8H,3-6,9H2,1-2H3. The smallest absolute Gasteiger partial charge is 0.00226 e. The van der Waals surface area contributed by atoms with Crippen LogP contribution < -0.4 is 5.73 Å². The molecule has 1 unspecified atom stereocenters. The van der Waals surface area contributed by atoms with E-state index in [1.165, 1.54) is 19.6 Å². The van der Waals surface area contributed by atoms with Gasteiger partial charge in [0, 0.05) is 19.1 Å². The normalized spacial score (nSPS) is 24.3. The van der Waals surface area contributed by atoms with E-state index >= 15 is 0 Å². The lowest BCUT2D eigenvalue weighted by atomic mass is 10.0. The molecule has 1 aliphatic heterocycles. The molecular formula is C8H18N2. The Morgan fingerprint density at radius 3 is 2.60 bits per heavy atom. The fourth-order valence-electron chi connectivity index (χ4n) is 1.40. The maximum absolute atomic E-state index is 5.63. The van der Waals surface area contributed by atoms with Crippen molar-refractivity contribution in [3.05, 3.63) is 0 Å². The molecule has 1 atom stereocenters. The molecule has 0 spiro atoms. The Morgan fingerprint density at radius 2 is 2.20 bits per heavy atom. The van der Waals surface area contributed by atoms with E-state index in [0.717, 1.165) is 12.3 Å². The van der Waals surface area contributed by atoms with Crippen LogP contribution in [0.3, 0.4) is 0 Å². The summed E-state index contributed by atoms with van der Waals surface area (Å²) in [6.07, 6.45) is 1.15. The van der Waals surface area contributed by atoms with Crippen LogP contribution in [-0.4, -0.2) is 30.6 Å². The van der Waals surface area contributed by atoms with E-state index in [1.54, 1.807) is 0 Å². The molecule has 0 saturated carbocycles. The van der Waals surface area contributed by atoms with Gasteiger partial charge in [0.1, 0.15) is 0 Å². The highest BCUT2D eigenvalue weighted by molar-refractivity contribution is 4.76. The molecule has 0 aromatic carbocycles. The van der Waals surface area contributed by atoms with Crippen molar-refractivity contribution in [1.29, 1.82) is 0 Å². The van der Waals surface area contributed by atoms with E-state index in [9.17, 15) is 0 Å². The molecule has 0 amide bonds. The van der Waals surface area contributed by atoms with Gasteiger partial charge in [0.05, 0.1) is 0 Å². The van der Waals surface area contributed by atoms with Crippen LogP contribution in [0.25, 0.3) is 0 Å². The predicted octanol–water partition coefficient (Wildman–Crippen LogP) is 0.675. The summed E-state index contributed by atoms with van der Waals surface area (Å²) in [7, 11) is 0. The molecule has 1 heterocycles. The number of hydrogen-bond acceptors (Lipinski definition) is 2. The van der Waals surface area contributed by atoms with Crippen molar-refractivity contribution in [2.45, 2.75) is 26.3 Å². The van der Waals surface area contributed by atoms with Crippen molar-refractivity contribution >= 4 is 0 Å². The quantitative estimate of drug-likeness (QED) is 0.627. The minimum Gasteiger partial charge on any atom is -0.328 e. The molecule has 0 aromatic rings. The predicted molar refractivity (Wildman–Crippen MR) is 43.9 cm³/mol. The number of likely N-dealkylation sites (tertiary alicyclic amines) is 1. The lowest BCUT2D eigenvalue weighted by Gasteiger charge is -2.37. The van der Waals surface area contributed by atoms with Gasteiger partial charge in [0.2, 0.25) is 0 Å². The molecule has 1 aliphatic rings. The molecule has 2 nitrogen and oxygen atoms in total. The molecule has 1 fully saturated rings. The van der Waals surface area contributed by atoms with E-state index in [0.29, 0.717) is 6.04 Å². The Bertz CT molecular complexity index is 95.4. The average molecular weight is 142 g/mol. The molecule has 1 rings (SSSR count). The minimum atomic E-state index is 0.371. The summed E-state index contributed by atoms with van der Waals surface area (Å²) >= 11 is 0. The highest BCUT2D eigenvalue weighted by Gasteiger charge is 2.21. The number of nitrogens with two attached hydrogens (primary N) is 1. The van der Waals surface area contributed by atoms with Crippen molar-refractivity contribution in [3.63, 3.8) is 0 Å². The van der Waals surface area contributed by atoms with Crippen LogP contribution in [-0.2, 0) is 0 Å². The first-order valence-electron chi connectivity index (χ1n) is 4.16. The molecule has 0 radical (unpaired) electrons. The van der Waals surface area contributed by atoms with E-state index in [2.05, 4.69) is 18.7 Å². The SMILES string of the molecule is CC(N)CCN1CC(C)C1. The van der Waals surface area contributed by atoms with E-state index in [1.807, 2.05) is 0 Å². The highest BCUT2D eigenvalue weighted by atomic mass is 15.2. The van der Waals surface area contributed by atoms with Gasteiger partial charge in [-0.05, 0) is 25.8 Å². The molecule has 10 heavy (non-hydrogen) atoms. The first kappa shape index (κ1) is 8.02. The molecule has 0 aliphatic carbocycles. The van der Waals surface area contributed by atoms with E-state index in [4.69, 9.17) is 5.73 Å². The summed E-state index contributed by atoms with van der Waals surface area (Å²) < 4.78 is 0. The highest BCUT2D eigenvalue weighted by Crippen LogP contribution is 2.13. The Morgan fingerprint density at radius 1 is 1.60 bits per heavy atom. The van der Waals surface area contributed by atoms with Crippen LogP contribution in [0.1, 0.15) is 20.3 Å². The second kappa shape index (κ2) is 3.35. The lowest BCUT2D eigenvalue weighted by molar-refractivity contribution is 0.110. The van der Waals surface area contributed by atoms with Crippen molar-refractivity contribution in [1.82, 2.24) is 4.90 Å². The lowest BCUT2D eigenvalue weighted by Crippen LogP contribution is -2.46. The summed E-state index contributed by atoms with van der Waals surface area (Å²) in [5.74, 6) is 0.924. The van der Waals surface area contributed by atoms with Crippen LogP contribution in [0.2, 0.25) is 0 Å². The number of rotatable bonds is 3. The molecule has 0 aromatic heterocycles. The van der Waals surface area contributed by atoms with Crippen LogP contribution in [0.5, 0.6) is 0 Å². The molecule has 2 N–H and O–H groups in total. The fraction of sp³-hybridized carbons (Fsp3) is 1.00. The second-order valence-electron chi connectivity index (χ2n) is 3.63. The zero-order valence-corrected chi connectivity index (χ0v) is 7.01. The molecular weight excluding hydrogens is 124 g/mol. The van der Waals surface area contributed by atoms with E-state index < -0.39 is 0 Å². The van der Waals surface area contributed by atoms with Crippen molar-refractivity contribution < 1.29 is 0 Å². The number of nitrogens with zero attached hydrogens (tertiary/aromatic N) is 1. The van der Waals surface area contributed by atoms with Gasteiger partial charge < -0.3 is 10.6 Å². The van der Waals surface area contributed by atoms with Gasteiger partial charge in [-0.1, -0.05) is 6.92 Å². The first-order valence-corrected chi connectivity index (χ1v) is 4.16. The summed E-state index contributed by atoms with van der Waals surface area (Å²) in [4.78, 5) is 2.47. The Balaban J connectivity index is 1.95. The third-order valence-corrected chi connectivity index (χ3v) is 2.04. The zero-order valence-electron chi connectivity index (χ0n) is 7.01. The van der Waals surface area contributed by atoms with Gasteiger partial charge in [-0.15, -0.1) is 0 Å². The molecule has 2 heteroatoms. The summed E-state index contributed by atoms with van der Waals surface area (Å²) in [6, 6.07) is 0.371. The fourth-order valence-corrected chi connectivity index (χ4v) is 1.40. The summed E-state index contributed by atoms with van der Waals surface area (Å²) in [5, 5.41) is 0. The third kappa shape index (κ3) is 2.27. The maximum atomic E-state index is 5.63. The largest absolute Gasteiger partial charge is 0.328 e. The Labute approximate surface area is 63.4 Å². The van der Waals surface area contributed by atoms with Crippen molar-refractivity contribution in [2.24, 2.45) is 11.7 Å². The molecule has 0 bridgehead atoms. The maximum Gasteiger partial charge on any atom is 0.00226 e. The van der Waals surface area contributed by atoms with Crippen LogP contribution in [0.4, 0.5) is 0 Å². The molecule has 60 valence electrons. The van der Waals surface area contributed by atoms with Gasteiger partial charge in [0.15, 0.2) is 0 Å². The van der Waals surface area contributed by atoms with Gasteiger partial charge in [-0.2, -0.15) is 0 Å². The van der Waals surface area contributed by atoms with Crippen LogP contribution >= 0.6 is 0 Å². The average Bonchev–Trinajstić information content (AvgIpc) is 1.77. The second-order valence-corrected chi connectivity index (χ2v) is 3.63. The van der Waals surface area contributed by atoms with Crippen LogP contribution in [0, 0.1) is 5.92 Å². The summed E-state index contributed by atoms with van der Waals surface area (Å²) in [6.45, 7) is 8.13. The van der Waals surface area contributed by atoms with Gasteiger partial charge in [-0.25, -0.2) is 0 Å². The first-order chi connectivity index (χ1) is 4.68. The molecule has 1 saturated heterocycles. The summed E-state index contributed by atoms with van der Waals surface area (Å²) in [5.41, 5.74) is 5.63. The van der Waals surface area contributed by atoms with Gasteiger partial charge in [0.25, 0.3) is 0 Å². The number of hydrogen-bond donors (Lipinski definition) is 1. The zero-order chi connectivity index (χ0) is 7.56. The Hall–Kier alpha value is -0.0800. The minimum absolute atomic E-state index is 0.371. The van der Waals surface area contributed by atoms with Gasteiger partial charge in [-0.3, -0.25) is 0 Å². The Kier molecular flexibility index (Phi) is 2.69. The third-order valence-electron chi connectivity index (χ3n) is 2.04. The topological polar surface area (TPSA) is 29.3 Å². The van der Waals surface area contributed by atoms with Crippen molar-refractivity contribution in [3.8, 4) is 0 Å². The van der Waals surface area contributed by atoms with E-state index in [-0.39, 0.29) is 0 Å². The van der Waals surface area contributed by atoms with Gasteiger partial charge >= 0.3 is 0 Å². The van der Waals surface area contributed by atoms with Crippen molar-refractivity contribution in [2.75, 3.05) is 19.6 Å². The van der Waals surface area contributed by atoms with Crippen LogP contribution in [0.15, 0.2) is 0 Å². The monoisotopic (exact) mass is 142 g/mol.